The molecule has 0 spiro atoms. The lowest BCUT2D eigenvalue weighted by molar-refractivity contribution is 0.824. The Morgan fingerprint density at radius 2 is 0.440 bits per heavy atom. The van der Waals surface area contributed by atoms with E-state index >= 15 is 0 Å². The minimum absolute atomic E-state index is 0. The molecule has 0 aliphatic heterocycles. The first kappa shape index (κ1) is 19.5. The van der Waals surface area contributed by atoms with E-state index in [2.05, 4.69) is 112 Å². The molecule has 0 saturated heterocycles. The number of hydrogen-bond acceptors (Lipinski definition) is 6. The van der Waals surface area contributed by atoms with Gasteiger partial charge in [-0.2, -0.15) is 0 Å². The summed E-state index contributed by atoms with van der Waals surface area (Å²) in [4.78, 5) is 5.08. The van der Waals surface area contributed by atoms with Gasteiger partial charge in [-0.25, -0.2) is 0 Å². The van der Waals surface area contributed by atoms with Crippen molar-refractivity contribution in [1.82, 2.24) is 0 Å². The van der Waals surface area contributed by atoms with Gasteiger partial charge < -0.3 is 5.48 Å². The topological polar surface area (TPSA) is 31.5 Å². The summed E-state index contributed by atoms with van der Waals surface area (Å²) in [6.45, 7) is 0. The molecule has 0 aliphatic rings. The third kappa shape index (κ3) is 3.14. The molecule has 25 heavy (non-hydrogen) atoms. The summed E-state index contributed by atoms with van der Waals surface area (Å²) >= 11 is 27.2. The number of fused-ring (bicyclic) bond motifs is 6. The fraction of sp³-hybridized carbons (Fsp3) is 0. The van der Waals surface area contributed by atoms with Gasteiger partial charge in [0.1, 0.15) is 0 Å². The number of rotatable bonds is 0. The molecule has 0 fully saturated rings. The van der Waals surface area contributed by atoms with Crippen molar-refractivity contribution in [2.75, 3.05) is 0 Å². The Kier molecular flexibility index (Phi) is 5.48. The summed E-state index contributed by atoms with van der Waals surface area (Å²) in [5.74, 6) is 0. The van der Waals surface area contributed by atoms with Gasteiger partial charge in [-0.05, 0) is 68.7 Å². The van der Waals surface area contributed by atoms with Crippen LogP contribution in [0.3, 0.4) is 0 Å². The number of hydrogen-bond donors (Lipinski definition) is 6. The molecule has 0 atom stereocenters. The van der Waals surface area contributed by atoms with Crippen LogP contribution in [0.15, 0.2) is 65.8 Å². The fourth-order valence-electron chi connectivity index (χ4n) is 3.07. The second-order valence-corrected chi connectivity index (χ2v) is 8.55. The summed E-state index contributed by atoms with van der Waals surface area (Å²) in [5, 5.41) is 6.69. The average Bonchev–Trinajstić information content (AvgIpc) is 2.53. The average molecular weight is 439 g/mol. The van der Waals surface area contributed by atoms with E-state index in [-0.39, 0.29) is 5.48 Å². The van der Waals surface area contributed by atoms with Crippen molar-refractivity contribution in [3.63, 3.8) is 0 Å². The minimum Gasteiger partial charge on any atom is -0.412 e. The summed E-state index contributed by atoms with van der Waals surface area (Å²) in [5.41, 5.74) is 0. The van der Waals surface area contributed by atoms with E-state index in [0.29, 0.717) is 0 Å². The predicted molar refractivity (Wildman–Crippen MR) is 126 cm³/mol. The van der Waals surface area contributed by atoms with Crippen LogP contribution in [0, 0.1) is 0 Å². The molecule has 7 heteroatoms. The first-order chi connectivity index (χ1) is 11.4. The van der Waals surface area contributed by atoms with Gasteiger partial charge in [-0.1, -0.05) is 0 Å². The van der Waals surface area contributed by atoms with Crippen molar-refractivity contribution < 1.29 is 5.48 Å². The molecule has 0 heterocycles. The van der Waals surface area contributed by atoms with E-state index in [0.717, 1.165) is 61.7 Å². The van der Waals surface area contributed by atoms with E-state index in [9.17, 15) is 0 Å². The molecule has 0 radical (unpaired) electrons. The lowest BCUT2D eigenvalue weighted by Crippen LogP contribution is -1.87. The molecule has 128 valence electrons. The van der Waals surface area contributed by atoms with E-state index in [4.69, 9.17) is 0 Å². The van der Waals surface area contributed by atoms with Crippen LogP contribution in [0.4, 0.5) is 0 Å². The molecule has 4 aromatic carbocycles. The summed E-state index contributed by atoms with van der Waals surface area (Å²) in [7, 11) is 0. The third-order valence-electron chi connectivity index (χ3n) is 4.21. The molecule has 0 saturated carbocycles. The Balaban J connectivity index is 0.00000182. The number of thiol groups is 6. The van der Waals surface area contributed by atoms with Crippen molar-refractivity contribution in [3.05, 3.63) is 36.4 Å². The quantitative estimate of drug-likeness (QED) is 0.143. The second kappa shape index (κ2) is 7.03. The van der Waals surface area contributed by atoms with Gasteiger partial charge in [-0.15, -0.1) is 75.8 Å². The molecule has 0 aromatic heterocycles. The van der Waals surface area contributed by atoms with Gasteiger partial charge in [-0.3, -0.25) is 0 Å². The zero-order chi connectivity index (χ0) is 17.2. The highest BCUT2D eigenvalue weighted by Crippen LogP contribution is 2.41. The molecule has 0 aliphatic carbocycles. The highest BCUT2D eigenvalue weighted by Gasteiger charge is 2.13. The van der Waals surface area contributed by atoms with Crippen LogP contribution in [0.25, 0.3) is 32.3 Å². The van der Waals surface area contributed by atoms with Crippen LogP contribution < -0.4 is 0 Å². The highest BCUT2D eigenvalue weighted by atomic mass is 32.1. The van der Waals surface area contributed by atoms with E-state index in [1.165, 1.54) is 0 Å². The SMILES string of the molecule is O.Sc1cc2c3cc(S)c(S)cc3c3cc(S)c(S)cc3c2cc1S. The van der Waals surface area contributed by atoms with Crippen LogP contribution in [0.2, 0.25) is 0 Å². The van der Waals surface area contributed by atoms with Crippen molar-refractivity contribution in [2.24, 2.45) is 0 Å². The zero-order valence-corrected chi connectivity index (χ0v) is 18.0. The molecule has 4 rings (SSSR count). The van der Waals surface area contributed by atoms with Crippen molar-refractivity contribution in [3.8, 4) is 0 Å². The van der Waals surface area contributed by atoms with Gasteiger partial charge >= 0.3 is 0 Å². The van der Waals surface area contributed by atoms with Crippen molar-refractivity contribution >= 4 is 108 Å². The van der Waals surface area contributed by atoms with Gasteiger partial charge in [0.15, 0.2) is 0 Å². The molecule has 1 nitrogen and oxygen atoms in total. The Morgan fingerprint density at radius 3 is 0.560 bits per heavy atom. The van der Waals surface area contributed by atoms with E-state index in [1.807, 2.05) is 0 Å². The first-order valence-corrected chi connectivity index (χ1v) is 9.74. The minimum atomic E-state index is 0. The van der Waals surface area contributed by atoms with Crippen LogP contribution >= 0.6 is 75.8 Å². The van der Waals surface area contributed by atoms with Crippen molar-refractivity contribution in [2.45, 2.75) is 29.4 Å². The molecule has 2 N–H and O–H groups in total. The summed E-state index contributed by atoms with van der Waals surface area (Å²) < 4.78 is 0. The van der Waals surface area contributed by atoms with Crippen molar-refractivity contribution in [1.29, 1.82) is 0 Å². The maximum atomic E-state index is 4.54. The van der Waals surface area contributed by atoms with E-state index < -0.39 is 0 Å². The zero-order valence-electron chi connectivity index (χ0n) is 12.6. The first-order valence-electron chi connectivity index (χ1n) is 7.06. The molecule has 0 unspecified atom stereocenters. The van der Waals surface area contributed by atoms with Crippen LogP contribution in [0.5, 0.6) is 0 Å². The molecule has 4 aromatic rings. The van der Waals surface area contributed by atoms with Gasteiger partial charge in [0.05, 0.1) is 0 Å². The molecular formula is C18H14OS6. The van der Waals surface area contributed by atoms with Crippen LogP contribution in [-0.4, -0.2) is 5.48 Å². The highest BCUT2D eigenvalue weighted by molar-refractivity contribution is 7.84. The van der Waals surface area contributed by atoms with Crippen LogP contribution in [-0.2, 0) is 0 Å². The van der Waals surface area contributed by atoms with Crippen LogP contribution in [0.1, 0.15) is 0 Å². The predicted octanol–water partition coefficient (Wildman–Crippen LogP) is 6.05. The molecular weight excluding hydrogens is 425 g/mol. The monoisotopic (exact) mass is 438 g/mol. The summed E-state index contributed by atoms with van der Waals surface area (Å²) in [6.07, 6.45) is 0. The lowest BCUT2D eigenvalue weighted by atomic mass is 9.94. The molecule has 0 amide bonds. The third-order valence-corrected chi connectivity index (χ3v) is 6.96. The lowest BCUT2D eigenvalue weighted by Gasteiger charge is -2.14. The Labute approximate surface area is 178 Å². The smallest absolute Gasteiger partial charge is 0.0180 e. The summed E-state index contributed by atoms with van der Waals surface area (Å²) in [6, 6.07) is 12.3. The van der Waals surface area contributed by atoms with Gasteiger partial charge in [0, 0.05) is 29.4 Å². The fourth-order valence-corrected chi connectivity index (χ4v) is 4.23. The second-order valence-electron chi connectivity index (χ2n) is 5.66. The van der Waals surface area contributed by atoms with Gasteiger partial charge in [0.25, 0.3) is 0 Å². The Morgan fingerprint density at radius 1 is 0.320 bits per heavy atom. The van der Waals surface area contributed by atoms with E-state index in [1.54, 1.807) is 0 Å². The van der Waals surface area contributed by atoms with Gasteiger partial charge in [0.2, 0.25) is 0 Å². The Bertz CT molecular complexity index is 902. The maximum absolute atomic E-state index is 4.54. The Hall–Kier alpha value is -0.280. The molecule has 0 bridgehead atoms. The largest absolute Gasteiger partial charge is 0.412 e. The standard InChI is InChI=1S/C18H12S6.H2O/c19-13-1-7-8(2-14(13)20)10-4-17(23)18(24)6-12(10)11-5-16(22)15(21)3-9(7)11;/h1-6,19-24H;1H2. The number of benzene rings is 4. The maximum Gasteiger partial charge on any atom is 0.0180 e. The normalized spacial score (nSPS) is 11.3.